The van der Waals surface area contributed by atoms with E-state index in [2.05, 4.69) is 9.72 Å². The van der Waals surface area contributed by atoms with Gasteiger partial charge in [0.2, 0.25) is 0 Å². The number of alkyl halides is 9. The highest BCUT2D eigenvalue weighted by atomic mass is 35.5. The molecule has 1 aromatic heterocycles. The highest BCUT2D eigenvalue weighted by Gasteiger charge is 2.73. The minimum Gasteiger partial charge on any atom is -0.433 e. The Morgan fingerprint density at radius 1 is 0.971 bits per heavy atom. The van der Waals surface area contributed by atoms with Gasteiger partial charge in [-0.15, -0.1) is 0 Å². The lowest BCUT2D eigenvalue weighted by molar-refractivity contribution is -0.348. The van der Waals surface area contributed by atoms with Crippen LogP contribution in [0.15, 0.2) is 48.7 Å². The summed E-state index contributed by atoms with van der Waals surface area (Å²) in [4.78, 5) is 16.6. The van der Waals surface area contributed by atoms with E-state index in [0.717, 1.165) is 0 Å². The molecular weight excluding hydrogens is 507 g/mol. The predicted molar refractivity (Wildman–Crippen MR) is 103 cm³/mol. The first-order chi connectivity index (χ1) is 15.6. The van der Waals surface area contributed by atoms with E-state index in [9.17, 15) is 44.3 Å². The molecule has 4 nitrogen and oxygen atoms in total. The molecule has 2 aromatic carbocycles. The maximum atomic E-state index is 14.4. The second kappa shape index (κ2) is 8.85. The van der Waals surface area contributed by atoms with Crippen LogP contribution < -0.4 is 10.1 Å². The van der Waals surface area contributed by atoms with Crippen LogP contribution in [0.3, 0.4) is 0 Å². The van der Waals surface area contributed by atoms with Crippen LogP contribution in [0, 0.1) is 0 Å². The van der Waals surface area contributed by atoms with Crippen LogP contribution in [0.4, 0.5) is 45.2 Å². The van der Waals surface area contributed by atoms with E-state index in [4.69, 9.17) is 11.6 Å². The normalized spacial score (nSPS) is 12.8. The number of nitrogens with one attached hydrogen (secondary N) is 1. The first kappa shape index (κ1) is 25.4. The SMILES string of the molecule is O=C(Nc1c(Cl)cc(C(F)(C(F)(F)F)C(F)(F)F)cc1OC(F)F)c1ccc2cccnc2c1. The first-order valence-electron chi connectivity index (χ1n) is 8.92. The molecule has 1 heterocycles. The van der Waals surface area contributed by atoms with Crippen molar-refractivity contribution in [1.29, 1.82) is 0 Å². The van der Waals surface area contributed by atoms with Crippen molar-refractivity contribution in [3.63, 3.8) is 0 Å². The number of carbonyl (C=O) groups excluding carboxylic acids is 1. The number of hydrogen-bond donors (Lipinski definition) is 1. The number of benzene rings is 2. The third kappa shape index (κ3) is 4.69. The molecule has 1 N–H and O–H groups in total. The van der Waals surface area contributed by atoms with Crippen molar-refractivity contribution in [3.8, 4) is 5.75 Å². The molecule has 0 saturated carbocycles. The third-order valence-electron chi connectivity index (χ3n) is 4.56. The summed E-state index contributed by atoms with van der Waals surface area (Å²) in [5.74, 6) is -2.46. The molecule has 3 aromatic rings. The van der Waals surface area contributed by atoms with Gasteiger partial charge in [0.15, 0.2) is 5.75 Å². The number of anilines is 1. The molecule has 0 radical (unpaired) electrons. The molecule has 0 spiro atoms. The summed E-state index contributed by atoms with van der Waals surface area (Å²) in [6, 6.07) is 6.98. The summed E-state index contributed by atoms with van der Waals surface area (Å²) in [5, 5.41) is 1.49. The van der Waals surface area contributed by atoms with E-state index >= 15 is 0 Å². The van der Waals surface area contributed by atoms with E-state index < -0.39 is 52.6 Å². The van der Waals surface area contributed by atoms with Crippen LogP contribution in [-0.2, 0) is 5.67 Å². The fourth-order valence-corrected chi connectivity index (χ4v) is 3.23. The van der Waals surface area contributed by atoms with Gasteiger partial charge in [-0.25, -0.2) is 4.39 Å². The molecule has 0 fully saturated rings. The largest absolute Gasteiger partial charge is 0.435 e. The molecule has 0 aliphatic heterocycles. The second-order valence-electron chi connectivity index (χ2n) is 6.73. The lowest BCUT2D eigenvalue weighted by atomic mass is 9.93. The average Bonchev–Trinajstić information content (AvgIpc) is 2.72. The van der Waals surface area contributed by atoms with Crippen molar-refractivity contribution < 1.29 is 49.0 Å². The Bertz CT molecular complexity index is 1210. The number of rotatable bonds is 5. The lowest BCUT2D eigenvalue weighted by Crippen LogP contribution is -2.50. The van der Waals surface area contributed by atoms with Gasteiger partial charge < -0.3 is 10.1 Å². The molecule has 1 amide bonds. The highest BCUT2D eigenvalue weighted by Crippen LogP contribution is 2.55. The van der Waals surface area contributed by atoms with Crippen molar-refractivity contribution in [3.05, 3.63) is 64.8 Å². The van der Waals surface area contributed by atoms with Crippen LogP contribution in [0.5, 0.6) is 5.75 Å². The topological polar surface area (TPSA) is 51.2 Å². The molecule has 0 aliphatic carbocycles. The summed E-state index contributed by atoms with van der Waals surface area (Å²) in [5.41, 5.74) is -8.79. The molecule has 0 unspecified atom stereocenters. The number of carbonyl (C=O) groups is 1. The van der Waals surface area contributed by atoms with Crippen LogP contribution in [-0.4, -0.2) is 29.9 Å². The van der Waals surface area contributed by atoms with Gasteiger partial charge in [-0.2, -0.15) is 35.1 Å². The highest BCUT2D eigenvalue weighted by molar-refractivity contribution is 6.34. The molecular formula is C20H10ClF9N2O2. The van der Waals surface area contributed by atoms with Gasteiger partial charge >= 0.3 is 24.6 Å². The zero-order valence-electron chi connectivity index (χ0n) is 16.2. The maximum Gasteiger partial charge on any atom is 0.435 e. The minimum absolute atomic E-state index is 0.0849. The van der Waals surface area contributed by atoms with E-state index in [-0.39, 0.29) is 17.7 Å². The van der Waals surface area contributed by atoms with Crippen molar-refractivity contribution in [1.82, 2.24) is 4.98 Å². The van der Waals surface area contributed by atoms with Crippen LogP contribution in [0.1, 0.15) is 15.9 Å². The summed E-state index contributed by atoms with van der Waals surface area (Å²) in [6.07, 6.45) is -11.6. The molecule has 182 valence electrons. The molecule has 0 saturated heterocycles. The Hall–Kier alpha value is -3.22. The van der Waals surface area contributed by atoms with E-state index in [1.807, 2.05) is 5.32 Å². The smallest absolute Gasteiger partial charge is 0.433 e. The number of hydrogen-bond acceptors (Lipinski definition) is 3. The molecule has 34 heavy (non-hydrogen) atoms. The van der Waals surface area contributed by atoms with E-state index in [1.165, 1.54) is 24.4 Å². The summed E-state index contributed by atoms with van der Waals surface area (Å²) in [6.45, 7) is -3.77. The van der Waals surface area contributed by atoms with Crippen molar-refractivity contribution in [2.75, 3.05) is 5.32 Å². The number of halogens is 10. The Morgan fingerprint density at radius 3 is 2.21 bits per heavy atom. The number of fused-ring (bicyclic) bond motifs is 1. The predicted octanol–water partition coefficient (Wildman–Crippen LogP) is 7.03. The van der Waals surface area contributed by atoms with Gasteiger partial charge in [0.25, 0.3) is 5.91 Å². The van der Waals surface area contributed by atoms with Crippen molar-refractivity contribution in [2.24, 2.45) is 0 Å². The fourth-order valence-electron chi connectivity index (χ4n) is 2.97. The van der Waals surface area contributed by atoms with Crippen molar-refractivity contribution in [2.45, 2.75) is 24.6 Å². The summed E-state index contributed by atoms with van der Waals surface area (Å²) < 4.78 is 122. The van der Waals surface area contributed by atoms with Crippen LogP contribution in [0.2, 0.25) is 5.02 Å². The average molecular weight is 517 g/mol. The number of nitrogens with zero attached hydrogens (tertiary/aromatic N) is 1. The van der Waals surface area contributed by atoms with Gasteiger partial charge in [-0.1, -0.05) is 23.7 Å². The second-order valence-corrected chi connectivity index (χ2v) is 7.14. The number of aromatic nitrogens is 1. The number of ether oxygens (including phenoxy) is 1. The fraction of sp³-hybridized carbons (Fsp3) is 0.200. The quantitative estimate of drug-likeness (QED) is 0.370. The van der Waals surface area contributed by atoms with E-state index in [0.29, 0.717) is 10.9 Å². The van der Waals surface area contributed by atoms with Gasteiger partial charge in [0.05, 0.1) is 10.5 Å². The van der Waals surface area contributed by atoms with Gasteiger partial charge in [-0.05, 0) is 30.3 Å². The van der Waals surface area contributed by atoms with Gasteiger partial charge in [0, 0.05) is 22.7 Å². The molecule has 0 aliphatic rings. The number of amides is 1. The molecule has 3 rings (SSSR count). The Labute approximate surface area is 189 Å². The zero-order valence-corrected chi connectivity index (χ0v) is 17.0. The Kier molecular flexibility index (Phi) is 6.62. The molecule has 0 bridgehead atoms. The zero-order chi connectivity index (χ0) is 25.5. The Morgan fingerprint density at radius 2 is 1.62 bits per heavy atom. The monoisotopic (exact) mass is 516 g/mol. The van der Waals surface area contributed by atoms with Crippen molar-refractivity contribution >= 4 is 34.1 Å². The molecule has 0 atom stereocenters. The Balaban J connectivity index is 2.09. The minimum atomic E-state index is -6.53. The van der Waals surface area contributed by atoms with Gasteiger partial charge in [-0.3, -0.25) is 9.78 Å². The number of pyridine rings is 1. The van der Waals surface area contributed by atoms with E-state index in [1.54, 1.807) is 12.1 Å². The summed E-state index contributed by atoms with van der Waals surface area (Å²) in [7, 11) is 0. The maximum absolute atomic E-state index is 14.4. The van der Waals surface area contributed by atoms with Crippen LogP contribution >= 0.6 is 11.6 Å². The summed E-state index contributed by atoms with van der Waals surface area (Å²) >= 11 is 5.70. The standard InChI is InChI=1S/C20H10ClF9N2O2/c21-12-7-11(18(24,19(25,26)27)20(28,29)30)8-14(34-17(22)23)15(12)32-16(33)10-4-3-9-2-1-5-31-13(9)6-10/h1-8,17H,(H,32,33). The van der Waals surface area contributed by atoms with Gasteiger partial charge in [0.1, 0.15) is 5.69 Å². The third-order valence-corrected chi connectivity index (χ3v) is 4.85. The van der Waals surface area contributed by atoms with Crippen LogP contribution in [0.25, 0.3) is 10.9 Å². The molecule has 14 heteroatoms. The first-order valence-corrected chi connectivity index (χ1v) is 9.30. The lowest BCUT2D eigenvalue weighted by Gasteiger charge is -2.31.